The predicted octanol–water partition coefficient (Wildman–Crippen LogP) is 3.41. The highest BCUT2D eigenvalue weighted by Crippen LogP contribution is 2.18. The highest BCUT2D eigenvalue weighted by molar-refractivity contribution is 5.60. The standard InChI is InChI=1S/C18H16N6/c1-13-22-17(21-12-15-3-2-8-20-11-15)9-18(23-13)24-16-6-4-14(10-19)5-7-16/h2-9,11H,12H2,1H3,(H2,21,22,23,24). The van der Waals surface area contributed by atoms with Crippen molar-refractivity contribution in [3.63, 3.8) is 0 Å². The summed E-state index contributed by atoms with van der Waals surface area (Å²) in [5.41, 5.74) is 2.57. The summed E-state index contributed by atoms with van der Waals surface area (Å²) in [7, 11) is 0. The number of hydrogen-bond acceptors (Lipinski definition) is 6. The van der Waals surface area contributed by atoms with Gasteiger partial charge >= 0.3 is 0 Å². The molecule has 1 aromatic carbocycles. The Morgan fingerprint density at radius 3 is 2.58 bits per heavy atom. The molecular formula is C18H16N6. The molecule has 2 aromatic heterocycles. The van der Waals surface area contributed by atoms with E-state index in [1.54, 1.807) is 18.3 Å². The van der Waals surface area contributed by atoms with Gasteiger partial charge in [0.05, 0.1) is 11.6 Å². The summed E-state index contributed by atoms with van der Waals surface area (Å²) in [5, 5.41) is 15.3. The molecule has 0 unspecified atom stereocenters. The molecule has 2 N–H and O–H groups in total. The highest BCUT2D eigenvalue weighted by atomic mass is 15.1. The monoisotopic (exact) mass is 316 g/mol. The Bertz CT molecular complexity index is 853. The molecule has 0 saturated carbocycles. The molecule has 0 aliphatic carbocycles. The van der Waals surface area contributed by atoms with Gasteiger partial charge in [0.15, 0.2) is 0 Å². The lowest BCUT2D eigenvalue weighted by atomic mass is 10.2. The Hall–Kier alpha value is -3.46. The summed E-state index contributed by atoms with van der Waals surface area (Å²) in [6.45, 7) is 2.49. The molecule has 0 amide bonds. The van der Waals surface area contributed by atoms with Gasteiger partial charge in [0.1, 0.15) is 17.5 Å². The van der Waals surface area contributed by atoms with Crippen molar-refractivity contribution in [2.24, 2.45) is 0 Å². The Labute approximate surface area is 140 Å². The van der Waals surface area contributed by atoms with E-state index in [1.807, 2.05) is 43.5 Å². The van der Waals surface area contributed by atoms with E-state index >= 15 is 0 Å². The molecule has 24 heavy (non-hydrogen) atoms. The number of aryl methyl sites for hydroxylation is 1. The smallest absolute Gasteiger partial charge is 0.136 e. The van der Waals surface area contributed by atoms with Gasteiger partial charge in [-0.1, -0.05) is 6.07 Å². The molecule has 6 heteroatoms. The van der Waals surface area contributed by atoms with Gasteiger partial charge in [0, 0.05) is 30.7 Å². The summed E-state index contributed by atoms with van der Waals surface area (Å²) >= 11 is 0. The van der Waals surface area contributed by atoms with Crippen molar-refractivity contribution in [1.29, 1.82) is 5.26 Å². The third kappa shape index (κ3) is 4.05. The van der Waals surface area contributed by atoms with Crippen LogP contribution in [0.4, 0.5) is 17.3 Å². The molecule has 0 atom stereocenters. The first-order valence-electron chi connectivity index (χ1n) is 7.48. The van der Waals surface area contributed by atoms with E-state index in [-0.39, 0.29) is 0 Å². The summed E-state index contributed by atoms with van der Waals surface area (Å²) in [6.07, 6.45) is 3.56. The van der Waals surface area contributed by atoms with Crippen molar-refractivity contribution in [3.8, 4) is 6.07 Å². The number of anilines is 3. The quantitative estimate of drug-likeness (QED) is 0.750. The fourth-order valence-corrected chi connectivity index (χ4v) is 2.19. The van der Waals surface area contributed by atoms with Crippen molar-refractivity contribution in [2.75, 3.05) is 10.6 Å². The second kappa shape index (κ2) is 7.20. The lowest BCUT2D eigenvalue weighted by Gasteiger charge is -2.10. The third-order valence-corrected chi connectivity index (χ3v) is 3.32. The maximum Gasteiger partial charge on any atom is 0.136 e. The fourth-order valence-electron chi connectivity index (χ4n) is 2.19. The Balaban J connectivity index is 1.72. The van der Waals surface area contributed by atoms with Gasteiger partial charge in [0.25, 0.3) is 0 Å². The largest absolute Gasteiger partial charge is 0.366 e. The van der Waals surface area contributed by atoms with Gasteiger partial charge in [-0.05, 0) is 42.8 Å². The molecule has 118 valence electrons. The number of nitriles is 1. The van der Waals surface area contributed by atoms with Gasteiger partial charge < -0.3 is 10.6 Å². The molecule has 6 nitrogen and oxygen atoms in total. The van der Waals surface area contributed by atoms with Crippen LogP contribution in [0, 0.1) is 18.3 Å². The molecule has 3 aromatic rings. The van der Waals surface area contributed by atoms with E-state index in [1.165, 1.54) is 0 Å². The van der Waals surface area contributed by atoms with Crippen LogP contribution in [0.1, 0.15) is 17.0 Å². The molecule has 2 heterocycles. The molecule has 0 aliphatic rings. The zero-order valence-corrected chi connectivity index (χ0v) is 13.2. The molecule has 3 rings (SSSR count). The second-order valence-corrected chi connectivity index (χ2v) is 5.21. The van der Waals surface area contributed by atoms with E-state index in [0.717, 1.165) is 17.1 Å². The maximum atomic E-state index is 8.84. The number of pyridine rings is 1. The molecular weight excluding hydrogens is 300 g/mol. The topological polar surface area (TPSA) is 86.5 Å². The van der Waals surface area contributed by atoms with Gasteiger partial charge in [-0.3, -0.25) is 4.98 Å². The number of rotatable bonds is 5. The lowest BCUT2D eigenvalue weighted by Crippen LogP contribution is -2.05. The minimum absolute atomic E-state index is 0.623. The predicted molar refractivity (Wildman–Crippen MR) is 92.8 cm³/mol. The van der Waals surface area contributed by atoms with Crippen LogP contribution in [0.5, 0.6) is 0 Å². The lowest BCUT2D eigenvalue weighted by molar-refractivity contribution is 1.02. The van der Waals surface area contributed by atoms with Crippen LogP contribution in [0.15, 0.2) is 54.9 Å². The molecule has 0 aliphatic heterocycles. The van der Waals surface area contributed by atoms with Crippen LogP contribution in [0.25, 0.3) is 0 Å². The van der Waals surface area contributed by atoms with Gasteiger partial charge in [-0.2, -0.15) is 5.26 Å². The number of aromatic nitrogens is 3. The highest BCUT2D eigenvalue weighted by Gasteiger charge is 2.03. The van der Waals surface area contributed by atoms with Crippen LogP contribution < -0.4 is 10.6 Å². The number of nitrogens with one attached hydrogen (secondary N) is 2. The van der Waals surface area contributed by atoms with Crippen LogP contribution in [-0.4, -0.2) is 15.0 Å². The Kier molecular flexibility index (Phi) is 4.63. The van der Waals surface area contributed by atoms with Crippen molar-refractivity contribution in [2.45, 2.75) is 13.5 Å². The van der Waals surface area contributed by atoms with Crippen molar-refractivity contribution in [3.05, 3.63) is 71.8 Å². The SMILES string of the molecule is Cc1nc(NCc2cccnc2)cc(Nc2ccc(C#N)cc2)n1. The van der Waals surface area contributed by atoms with E-state index in [2.05, 4.69) is 31.7 Å². The summed E-state index contributed by atoms with van der Waals surface area (Å²) < 4.78 is 0. The summed E-state index contributed by atoms with van der Waals surface area (Å²) in [5.74, 6) is 2.10. The van der Waals surface area contributed by atoms with E-state index < -0.39 is 0 Å². The third-order valence-electron chi connectivity index (χ3n) is 3.32. The van der Waals surface area contributed by atoms with Crippen LogP contribution in [-0.2, 0) is 6.54 Å². The Morgan fingerprint density at radius 2 is 1.88 bits per heavy atom. The number of nitrogens with zero attached hydrogens (tertiary/aromatic N) is 4. The normalized spacial score (nSPS) is 10.0. The van der Waals surface area contributed by atoms with E-state index in [4.69, 9.17) is 5.26 Å². The minimum atomic E-state index is 0.623. The number of benzene rings is 1. The van der Waals surface area contributed by atoms with Crippen molar-refractivity contribution >= 4 is 17.3 Å². The van der Waals surface area contributed by atoms with Crippen molar-refractivity contribution < 1.29 is 0 Å². The van der Waals surface area contributed by atoms with Crippen LogP contribution in [0.2, 0.25) is 0 Å². The van der Waals surface area contributed by atoms with E-state index in [9.17, 15) is 0 Å². The summed E-state index contributed by atoms with van der Waals surface area (Å²) in [6, 6.07) is 15.1. The molecule has 0 fully saturated rings. The van der Waals surface area contributed by atoms with Crippen molar-refractivity contribution in [1.82, 2.24) is 15.0 Å². The van der Waals surface area contributed by atoms with Gasteiger partial charge in [-0.25, -0.2) is 9.97 Å². The zero-order chi connectivity index (χ0) is 16.8. The first-order chi connectivity index (χ1) is 11.7. The average Bonchev–Trinajstić information content (AvgIpc) is 2.61. The van der Waals surface area contributed by atoms with E-state index in [0.29, 0.717) is 23.8 Å². The molecule has 0 saturated heterocycles. The van der Waals surface area contributed by atoms with Crippen LogP contribution >= 0.6 is 0 Å². The molecule has 0 radical (unpaired) electrons. The minimum Gasteiger partial charge on any atom is -0.366 e. The first kappa shape index (κ1) is 15.4. The Morgan fingerprint density at radius 1 is 1.08 bits per heavy atom. The first-order valence-corrected chi connectivity index (χ1v) is 7.48. The van der Waals surface area contributed by atoms with Gasteiger partial charge in [-0.15, -0.1) is 0 Å². The van der Waals surface area contributed by atoms with Crippen LogP contribution in [0.3, 0.4) is 0 Å². The second-order valence-electron chi connectivity index (χ2n) is 5.21. The van der Waals surface area contributed by atoms with Gasteiger partial charge in [0.2, 0.25) is 0 Å². The molecule has 0 bridgehead atoms. The zero-order valence-electron chi connectivity index (χ0n) is 13.2. The molecule has 0 spiro atoms. The number of hydrogen-bond donors (Lipinski definition) is 2. The summed E-state index contributed by atoms with van der Waals surface area (Å²) in [4.78, 5) is 12.9. The fraction of sp³-hybridized carbons (Fsp3) is 0.111. The maximum absolute atomic E-state index is 8.84. The average molecular weight is 316 g/mol.